The summed E-state index contributed by atoms with van der Waals surface area (Å²) >= 11 is 23.4. The van der Waals surface area contributed by atoms with Crippen molar-refractivity contribution in [1.82, 2.24) is 0 Å². The number of hydrogen-bond donors (Lipinski definition) is 4. The second-order valence-corrected chi connectivity index (χ2v) is 11.4. The average molecular weight is 353 g/mol. The molecule has 16 heavy (non-hydrogen) atoms. The van der Waals surface area contributed by atoms with E-state index in [0.29, 0.717) is 9.16 Å². The normalized spacial score (nSPS) is 16.1. The number of rotatable bonds is 9. The van der Waals surface area contributed by atoms with Crippen LogP contribution in [0.3, 0.4) is 0 Å². The van der Waals surface area contributed by atoms with Crippen molar-refractivity contribution in [3.05, 3.63) is 0 Å². The molecule has 0 bridgehead atoms. The second kappa shape index (κ2) is 10.3. The smallest absolute Gasteiger partial charge is 0.0614 e. The highest BCUT2D eigenvalue weighted by molar-refractivity contribution is 8.15. The molecule has 2 atom stereocenters. The summed E-state index contributed by atoms with van der Waals surface area (Å²) in [6.45, 7) is 4.17. The van der Waals surface area contributed by atoms with Crippen molar-refractivity contribution in [2.75, 3.05) is 23.0 Å². The number of thioether (sulfide) groups is 3. The van der Waals surface area contributed by atoms with Gasteiger partial charge in [0.25, 0.3) is 0 Å². The molecular formula is C9H20S7. The Morgan fingerprint density at radius 2 is 1.62 bits per heavy atom. The van der Waals surface area contributed by atoms with Crippen molar-refractivity contribution in [2.45, 2.75) is 27.1 Å². The molecule has 0 spiro atoms. The van der Waals surface area contributed by atoms with E-state index in [4.69, 9.17) is 0 Å². The molecule has 0 N–H and O–H groups in total. The molecule has 0 aromatic heterocycles. The quantitative estimate of drug-likeness (QED) is 0.361. The van der Waals surface area contributed by atoms with Gasteiger partial charge in [-0.2, -0.15) is 62.3 Å². The lowest BCUT2D eigenvalue weighted by molar-refractivity contribution is 1.06. The molecule has 98 valence electrons. The maximum Gasteiger partial charge on any atom is 0.0614 e. The Kier molecular flexibility index (Phi) is 11.8. The molecule has 0 aromatic rings. The maximum atomic E-state index is 4.54. The number of thiol groups is 4. The largest absolute Gasteiger partial charge is 0.164 e. The van der Waals surface area contributed by atoms with Gasteiger partial charge in [-0.05, 0) is 12.7 Å². The SMILES string of the molecule is CCSCC(S)SCC(S)SCC(C)(S)S. The lowest BCUT2D eigenvalue weighted by Crippen LogP contribution is -2.13. The summed E-state index contributed by atoms with van der Waals surface area (Å²) in [5.41, 5.74) is 0. The molecule has 0 aromatic carbocycles. The van der Waals surface area contributed by atoms with E-state index in [1.54, 1.807) is 11.8 Å². The van der Waals surface area contributed by atoms with Crippen LogP contribution >= 0.6 is 85.8 Å². The summed E-state index contributed by atoms with van der Waals surface area (Å²) in [5.74, 6) is 4.18. The van der Waals surface area contributed by atoms with Crippen LogP contribution in [0.25, 0.3) is 0 Å². The van der Waals surface area contributed by atoms with Gasteiger partial charge in [-0.15, -0.1) is 23.5 Å². The van der Waals surface area contributed by atoms with Crippen molar-refractivity contribution in [3.8, 4) is 0 Å². The molecule has 0 saturated heterocycles. The van der Waals surface area contributed by atoms with Crippen LogP contribution < -0.4 is 0 Å². The zero-order chi connectivity index (χ0) is 12.6. The molecule has 0 saturated carbocycles. The third kappa shape index (κ3) is 12.9. The lowest BCUT2D eigenvalue weighted by Gasteiger charge is -2.19. The monoisotopic (exact) mass is 352 g/mol. The summed E-state index contributed by atoms with van der Waals surface area (Å²) < 4.78 is 0.540. The van der Waals surface area contributed by atoms with Crippen LogP contribution in [0.2, 0.25) is 0 Å². The highest BCUT2D eigenvalue weighted by atomic mass is 32.2. The van der Waals surface area contributed by atoms with Crippen molar-refractivity contribution in [1.29, 1.82) is 0 Å². The molecule has 0 aliphatic heterocycles. The van der Waals surface area contributed by atoms with Crippen LogP contribution in [0.4, 0.5) is 0 Å². The Morgan fingerprint density at radius 3 is 2.12 bits per heavy atom. The fraction of sp³-hybridized carbons (Fsp3) is 1.00. The Bertz CT molecular complexity index is 168. The third-order valence-electron chi connectivity index (χ3n) is 1.44. The van der Waals surface area contributed by atoms with E-state index < -0.39 is 0 Å². The Balaban J connectivity index is 3.53. The van der Waals surface area contributed by atoms with E-state index >= 15 is 0 Å². The maximum absolute atomic E-state index is 4.54. The molecule has 0 radical (unpaired) electrons. The van der Waals surface area contributed by atoms with Crippen LogP contribution in [-0.2, 0) is 0 Å². The average Bonchev–Trinajstić information content (AvgIpc) is 2.19. The minimum atomic E-state index is -0.214. The van der Waals surface area contributed by atoms with Crippen molar-refractivity contribution < 1.29 is 0 Å². The van der Waals surface area contributed by atoms with Gasteiger partial charge in [0.05, 0.1) is 13.2 Å². The van der Waals surface area contributed by atoms with Gasteiger partial charge >= 0.3 is 0 Å². The van der Waals surface area contributed by atoms with E-state index in [1.165, 1.54) is 0 Å². The predicted molar refractivity (Wildman–Crippen MR) is 99.8 cm³/mol. The summed E-state index contributed by atoms with van der Waals surface area (Å²) in [5, 5.41) is 0. The topological polar surface area (TPSA) is 0 Å². The zero-order valence-corrected chi connectivity index (χ0v) is 15.5. The van der Waals surface area contributed by atoms with Gasteiger partial charge in [-0.3, -0.25) is 0 Å². The first-order valence-corrected chi connectivity index (χ1v) is 10.1. The molecule has 0 nitrogen and oxygen atoms in total. The van der Waals surface area contributed by atoms with Crippen LogP contribution in [0.5, 0.6) is 0 Å². The minimum Gasteiger partial charge on any atom is -0.164 e. The predicted octanol–water partition coefficient (Wildman–Crippen LogP) is 4.29. The van der Waals surface area contributed by atoms with E-state index in [9.17, 15) is 0 Å². The molecular weight excluding hydrogens is 333 g/mol. The zero-order valence-electron chi connectivity index (χ0n) is 9.50. The molecule has 0 aliphatic rings. The van der Waals surface area contributed by atoms with Crippen LogP contribution in [0.15, 0.2) is 0 Å². The van der Waals surface area contributed by atoms with E-state index in [-0.39, 0.29) is 4.08 Å². The van der Waals surface area contributed by atoms with Crippen molar-refractivity contribution in [3.63, 3.8) is 0 Å². The summed E-state index contributed by atoms with van der Waals surface area (Å²) in [6, 6.07) is 0. The minimum absolute atomic E-state index is 0.214. The fourth-order valence-electron chi connectivity index (χ4n) is 0.762. The summed E-state index contributed by atoms with van der Waals surface area (Å²) in [4.78, 5) is 0. The number of hydrogen-bond acceptors (Lipinski definition) is 7. The third-order valence-corrected chi connectivity index (χ3v) is 7.71. The molecule has 0 amide bonds. The van der Waals surface area contributed by atoms with Crippen LogP contribution in [0.1, 0.15) is 13.8 Å². The first-order chi connectivity index (χ1) is 7.35. The molecule has 7 heteroatoms. The van der Waals surface area contributed by atoms with E-state index in [2.05, 4.69) is 57.4 Å². The Hall–Kier alpha value is 2.45. The Morgan fingerprint density at radius 1 is 1.06 bits per heavy atom. The van der Waals surface area contributed by atoms with E-state index in [0.717, 1.165) is 23.0 Å². The molecule has 0 heterocycles. The van der Waals surface area contributed by atoms with Crippen molar-refractivity contribution >= 4 is 85.8 Å². The summed E-state index contributed by atoms with van der Waals surface area (Å²) in [7, 11) is 0. The first-order valence-electron chi connectivity index (χ1n) is 4.97. The van der Waals surface area contributed by atoms with Crippen LogP contribution in [-0.4, -0.2) is 36.3 Å². The second-order valence-electron chi connectivity index (χ2n) is 3.43. The van der Waals surface area contributed by atoms with Gasteiger partial charge in [0.2, 0.25) is 0 Å². The lowest BCUT2D eigenvalue weighted by atomic mass is 10.5. The molecule has 0 rings (SSSR count). The van der Waals surface area contributed by atoms with Gasteiger partial charge in [-0.1, -0.05) is 6.92 Å². The molecule has 2 unspecified atom stereocenters. The molecule has 0 aliphatic carbocycles. The fourth-order valence-corrected chi connectivity index (χ4v) is 4.89. The van der Waals surface area contributed by atoms with Crippen molar-refractivity contribution in [2.24, 2.45) is 0 Å². The van der Waals surface area contributed by atoms with E-state index in [1.807, 2.05) is 30.4 Å². The molecule has 0 fully saturated rings. The van der Waals surface area contributed by atoms with Gasteiger partial charge in [0.1, 0.15) is 0 Å². The summed E-state index contributed by atoms with van der Waals surface area (Å²) in [6.07, 6.45) is 0. The van der Waals surface area contributed by atoms with Crippen LogP contribution in [0, 0.1) is 0 Å². The highest BCUT2D eigenvalue weighted by Crippen LogP contribution is 2.31. The Labute approximate surface area is 135 Å². The van der Waals surface area contributed by atoms with Gasteiger partial charge < -0.3 is 0 Å². The first kappa shape index (κ1) is 18.4. The highest BCUT2D eigenvalue weighted by Gasteiger charge is 2.16. The van der Waals surface area contributed by atoms with Gasteiger partial charge in [-0.25, -0.2) is 0 Å². The standard InChI is InChI=1S/C9H20S7/c1-3-14-4-7(10)15-5-8(11)16-6-9(2,12)13/h7-8,10-13H,3-6H2,1-2H3. The van der Waals surface area contributed by atoms with Gasteiger partial charge in [0, 0.05) is 17.3 Å². The van der Waals surface area contributed by atoms with Gasteiger partial charge in [0.15, 0.2) is 0 Å².